The van der Waals surface area contributed by atoms with Crippen LogP contribution in [-0.4, -0.2) is 40.7 Å². The minimum atomic E-state index is -1.19. The summed E-state index contributed by atoms with van der Waals surface area (Å²) in [6, 6.07) is -0.427. The minimum Gasteiger partial charge on any atom is -0.480 e. The minimum absolute atomic E-state index is 0.308. The summed E-state index contributed by atoms with van der Waals surface area (Å²) in [4.78, 5) is 22.7. The monoisotopic (exact) mass is 262 g/mol. The van der Waals surface area contributed by atoms with E-state index < -0.39 is 17.5 Å². The highest BCUT2D eigenvalue weighted by molar-refractivity contribution is 7.99. The van der Waals surface area contributed by atoms with Gasteiger partial charge in [0, 0.05) is 11.8 Å². The van der Waals surface area contributed by atoms with Gasteiger partial charge in [0.15, 0.2) is 0 Å². The molecule has 2 amide bonds. The maximum atomic E-state index is 11.6. The molecule has 100 valence electrons. The zero-order valence-electron chi connectivity index (χ0n) is 10.9. The highest BCUT2D eigenvalue weighted by Crippen LogP contribution is 2.12. The molecule has 2 atom stereocenters. The van der Waals surface area contributed by atoms with Crippen molar-refractivity contribution < 1.29 is 14.7 Å². The van der Waals surface area contributed by atoms with Gasteiger partial charge < -0.3 is 15.7 Å². The van der Waals surface area contributed by atoms with Crippen molar-refractivity contribution in [1.29, 1.82) is 0 Å². The molecule has 3 N–H and O–H groups in total. The van der Waals surface area contributed by atoms with E-state index in [2.05, 4.69) is 10.6 Å². The van der Waals surface area contributed by atoms with Crippen molar-refractivity contribution >= 4 is 23.8 Å². The van der Waals surface area contributed by atoms with Crippen molar-refractivity contribution in [1.82, 2.24) is 10.6 Å². The average Bonchev–Trinajstić information content (AvgIpc) is 2.25. The Morgan fingerprint density at radius 2 is 2.06 bits per heavy atom. The number of hydrogen-bond acceptors (Lipinski definition) is 3. The van der Waals surface area contributed by atoms with E-state index in [9.17, 15) is 9.59 Å². The normalized spacial score (nSPS) is 15.8. The lowest BCUT2D eigenvalue weighted by Gasteiger charge is -2.26. The molecule has 17 heavy (non-hydrogen) atoms. The summed E-state index contributed by atoms with van der Waals surface area (Å²) in [5.41, 5.74) is -1.19. The number of thioether (sulfide) groups is 1. The first kappa shape index (κ1) is 16.1. The van der Waals surface area contributed by atoms with Gasteiger partial charge in [-0.2, -0.15) is 11.8 Å². The van der Waals surface area contributed by atoms with Crippen LogP contribution in [0.5, 0.6) is 0 Å². The van der Waals surface area contributed by atoms with Crippen LogP contribution in [0.25, 0.3) is 0 Å². The van der Waals surface area contributed by atoms with E-state index in [4.69, 9.17) is 5.11 Å². The van der Waals surface area contributed by atoms with Crippen molar-refractivity contribution in [3.8, 4) is 0 Å². The van der Waals surface area contributed by atoms with Crippen molar-refractivity contribution in [3.63, 3.8) is 0 Å². The van der Waals surface area contributed by atoms with E-state index in [-0.39, 0.29) is 0 Å². The fraction of sp³-hybridized carbons (Fsp3) is 0.818. The van der Waals surface area contributed by atoms with Crippen LogP contribution < -0.4 is 10.6 Å². The lowest BCUT2D eigenvalue weighted by Crippen LogP contribution is -2.55. The molecule has 0 aliphatic rings. The molecule has 0 aliphatic heterocycles. The average molecular weight is 262 g/mol. The highest BCUT2D eigenvalue weighted by atomic mass is 32.2. The lowest BCUT2D eigenvalue weighted by atomic mass is 9.97. The van der Waals surface area contributed by atoms with Crippen LogP contribution in [0, 0.1) is 0 Å². The number of carbonyl (C=O) groups is 2. The fourth-order valence-corrected chi connectivity index (χ4v) is 1.59. The van der Waals surface area contributed by atoms with Gasteiger partial charge in [0.1, 0.15) is 5.54 Å². The Bertz CT molecular complexity index is 273. The SMILES string of the molecule is CCCC(C)(NC(=O)NCC(C)SC)C(=O)O. The van der Waals surface area contributed by atoms with Gasteiger partial charge in [-0.3, -0.25) is 0 Å². The van der Waals surface area contributed by atoms with Crippen LogP contribution in [0.2, 0.25) is 0 Å². The molecule has 5 nitrogen and oxygen atoms in total. The Morgan fingerprint density at radius 1 is 1.47 bits per heavy atom. The summed E-state index contributed by atoms with van der Waals surface area (Å²) in [5, 5.41) is 14.6. The molecule has 0 aromatic carbocycles. The number of carbonyl (C=O) groups excluding carboxylic acids is 1. The summed E-state index contributed by atoms with van der Waals surface area (Å²) in [6.45, 7) is 5.93. The number of hydrogen-bond donors (Lipinski definition) is 3. The number of rotatable bonds is 7. The van der Waals surface area contributed by atoms with E-state index in [0.717, 1.165) is 0 Å². The van der Waals surface area contributed by atoms with Crippen molar-refractivity contribution in [2.45, 2.75) is 44.4 Å². The molecular formula is C11H22N2O3S. The Labute approximate surface area is 107 Å². The number of aliphatic carboxylic acids is 1. The molecule has 0 aromatic rings. The molecule has 0 fully saturated rings. The number of carboxylic acid groups (broad SMARTS) is 1. The van der Waals surface area contributed by atoms with E-state index in [0.29, 0.717) is 24.6 Å². The Balaban J connectivity index is 4.27. The highest BCUT2D eigenvalue weighted by Gasteiger charge is 2.33. The maximum absolute atomic E-state index is 11.6. The zero-order chi connectivity index (χ0) is 13.5. The van der Waals surface area contributed by atoms with Crippen molar-refractivity contribution in [3.05, 3.63) is 0 Å². The number of urea groups is 1. The van der Waals surface area contributed by atoms with E-state index in [1.165, 1.54) is 6.92 Å². The van der Waals surface area contributed by atoms with Crippen molar-refractivity contribution in [2.75, 3.05) is 12.8 Å². The molecule has 0 aromatic heterocycles. The standard InChI is InChI=1S/C11H22N2O3S/c1-5-6-11(3,9(14)15)13-10(16)12-7-8(2)17-4/h8H,5-7H2,1-4H3,(H,14,15)(H2,12,13,16). The van der Waals surface area contributed by atoms with Crippen LogP contribution in [-0.2, 0) is 4.79 Å². The summed E-state index contributed by atoms with van der Waals surface area (Å²) < 4.78 is 0. The smallest absolute Gasteiger partial charge is 0.329 e. The Hall–Kier alpha value is -0.910. The second kappa shape index (κ2) is 7.42. The van der Waals surface area contributed by atoms with Gasteiger partial charge in [-0.1, -0.05) is 20.3 Å². The molecule has 0 rings (SSSR count). The third-order valence-corrected chi connectivity index (χ3v) is 3.54. The van der Waals surface area contributed by atoms with Crippen LogP contribution in [0.1, 0.15) is 33.6 Å². The predicted molar refractivity (Wildman–Crippen MR) is 70.5 cm³/mol. The molecule has 0 radical (unpaired) electrons. The third kappa shape index (κ3) is 5.81. The third-order valence-electron chi connectivity index (χ3n) is 2.56. The molecule has 0 spiro atoms. The zero-order valence-corrected chi connectivity index (χ0v) is 11.7. The van der Waals surface area contributed by atoms with E-state index in [1.807, 2.05) is 20.1 Å². The van der Waals surface area contributed by atoms with E-state index in [1.54, 1.807) is 11.8 Å². The van der Waals surface area contributed by atoms with Crippen LogP contribution in [0.15, 0.2) is 0 Å². The molecule has 0 saturated carbocycles. The number of carboxylic acids is 1. The second-order valence-corrected chi connectivity index (χ2v) is 5.54. The summed E-state index contributed by atoms with van der Waals surface area (Å²) >= 11 is 1.64. The summed E-state index contributed by atoms with van der Waals surface area (Å²) in [7, 11) is 0. The van der Waals surface area contributed by atoms with Gasteiger partial charge in [0.2, 0.25) is 0 Å². The molecule has 0 aliphatic carbocycles. The van der Waals surface area contributed by atoms with Crippen LogP contribution >= 0.6 is 11.8 Å². The largest absolute Gasteiger partial charge is 0.480 e. The predicted octanol–water partition coefficient (Wildman–Crippen LogP) is 1.68. The first-order valence-corrected chi connectivity index (χ1v) is 6.96. The first-order chi connectivity index (χ1) is 7.85. The molecule has 0 heterocycles. The van der Waals surface area contributed by atoms with Crippen molar-refractivity contribution in [2.24, 2.45) is 0 Å². The van der Waals surface area contributed by atoms with Gasteiger partial charge in [0.25, 0.3) is 0 Å². The molecule has 6 heteroatoms. The maximum Gasteiger partial charge on any atom is 0.329 e. The Morgan fingerprint density at radius 3 is 2.47 bits per heavy atom. The van der Waals surface area contributed by atoms with Crippen LogP contribution in [0.4, 0.5) is 4.79 Å². The first-order valence-electron chi connectivity index (χ1n) is 5.68. The topological polar surface area (TPSA) is 78.4 Å². The summed E-state index contributed by atoms with van der Waals surface area (Å²) in [6.07, 6.45) is 3.07. The van der Waals surface area contributed by atoms with Gasteiger partial charge in [0.05, 0.1) is 0 Å². The van der Waals surface area contributed by atoms with Crippen LogP contribution in [0.3, 0.4) is 0 Å². The van der Waals surface area contributed by atoms with Gasteiger partial charge in [-0.15, -0.1) is 0 Å². The second-order valence-electron chi connectivity index (χ2n) is 4.27. The number of amides is 2. The molecule has 0 bridgehead atoms. The fourth-order valence-electron chi connectivity index (χ4n) is 1.34. The quantitative estimate of drug-likeness (QED) is 0.652. The number of nitrogens with one attached hydrogen (secondary N) is 2. The van der Waals surface area contributed by atoms with Gasteiger partial charge >= 0.3 is 12.0 Å². The summed E-state index contributed by atoms with van der Waals surface area (Å²) in [5.74, 6) is -1.01. The molecule has 2 unspecified atom stereocenters. The van der Waals surface area contributed by atoms with E-state index >= 15 is 0 Å². The Kier molecular flexibility index (Phi) is 7.03. The molecular weight excluding hydrogens is 240 g/mol. The van der Waals surface area contributed by atoms with Gasteiger partial charge in [-0.05, 0) is 19.6 Å². The lowest BCUT2D eigenvalue weighted by molar-refractivity contribution is -0.144. The molecule has 0 saturated heterocycles. The van der Waals surface area contributed by atoms with Gasteiger partial charge in [-0.25, -0.2) is 9.59 Å².